The van der Waals surface area contributed by atoms with Gasteiger partial charge in [-0.05, 0) is 63.3 Å². The SMILES string of the molecule is Cc1c(CN2CCNCC2)cc(S)cc1B1OC(C)(C)C(C)(C)O1. The van der Waals surface area contributed by atoms with E-state index in [9.17, 15) is 0 Å². The van der Waals surface area contributed by atoms with Crippen molar-refractivity contribution in [2.45, 2.75) is 57.3 Å². The largest absolute Gasteiger partial charge is 0.495 e. The summed E-state index contributed by atoms with van der Waals surface area (Å²) < 4.78 is 12.5. The Bertz CT molecular complexity index is 599. The lowest BCUT2D eigenvalue weighted by atomic mass is 9.75. The standard InChI is InChI=1S/C18H29BN2O2S/c1-13-14(12-21-8-6-20-7-9-21)10-15(24)11-16(13)19-22-17(2,3)18(4,5)23-19/h10-11,20,24H,6-9,12H2,1-5H3. The molecule has 0 spiro atoms. The van der Waals surface area contributed by atoms with Crippen LogP contribution in [0, 0.1) is 6.92 Å². The second kappa shape index (κ2) is 6.65. The highest BCUT2D eigenvalue weighted by molar-refractivity contribution is 7.80. The van der Waals surface area contributed by atoms with Crippen LogP contribution in [0.1, 0.15) is 38.8 Å². The predicted octanol–water partition coefficient (Wildman–Crippen LogP) is 1.99. The lowest BCUT2D eigenvalue weighted by molar-refractivity contribution is 0.00578. The topological polar surface area (TPSA) is 33.7 Å². The summed E-state index contributed by atoms with van der Waals surface area (Å²) in [5.74, 6) is 0. The normalized spacial score (nSPS) is 23.7. The molecule has 2 fully saturated rings. The second-order valence-electron chi connectivity index (χ2n) is 7.93. The summed E-state index contributed by atoms with van der Waals surface area (Å²) in [7, 11) is -0.330. The number of nitrogens with zero attached hydrogens (tertiary/aromatic N) is 1. The van der Waals surface area contributed by atoms with Crippen molar-refractivity contribution in [1.29, 1.82) is 0 Å². The first kappa shape index (κ1) is 18.3. The molecule has 0 bridgehead atoms. The minimum Gasteiger partial charge on any atom is -0.399 e. The molecule has 0 saturated carbocycles. The summed E-state index contributed by atoms with van der Waals surface area (Å²) in [4.78, 5) is 3.45. The van der Waals surface area contributed by atoms with E-state index in [4.69, 9.17) is 9.31 Å². The van der Waals surface area contributed by atoms with Crippen molar-refractivity contribution in [2.24, 2.45) is 0 Å². The van der Waals surface area contributed by atoms with Gasteiger partial charge in [-0.2, -0.15) is 0 Å². The van der Waals surface area contributed by atoms with E-state index in [1.807, 2.05) is 0 Å². The minimum absolute atomic E-state index is 0.324. The van der Waals surface area contributed by atoms with Gasteiger partial charge in [0.25, 0.3) is 0 Å². The summed E-state index contributed by atoms with van der Waals surface area (Å²) in [6.07, 6.45) is 0. The molecular weight excluding hydrogens is 319 g/mol. The fourth-order valence-corrected chi connectivity index (χ4v) is 3.57. The number of piperazine rings is 1. The molecule has 24 heavy (non-hydrogen) atoms. The van der Waals surface area contributed by atoms with Crippen molar-refractivity contribution < 1.29 is 9.31 Å². The highest BCUT2D eigenvalue weighted by Gasteiger charge is 2.52. The van der Waals surface area contributed by atoms with Crippen LogP contribution in [0.2, 0.25) is 0 Å². The zero-order valence-corrected chi connectivity index (χ0v) is 16.4. The van der Waals surface area contributed by atoms with Gasteiger partial charge in [-0.15, -0.1) is 12.6 Å². The molecule has 0 unspecified atom stereocenters. The zero-order chi connectivity index (χ0) is 17.5. The van der Waals surface area contributed by atoms with Gasteiger partial charge in [0.2, 0.25) is 0 Å². The maximum atomic E-state index is 6.25. The monoisotopic (exact) mass is 348 g/mol. The molecule has 4 nitrogen and oxygen atoms in total. The van der Waals surface area contributed by atoms with Crippen LogP contribution in [0.4, 0.5) is 0 Å². The first-order chi connectivity index (χ1) is 11.2. The average Bonchev–Trinajstić information content (AvgIpc) is 2.72. The van der Waals surface area contributed by atoms with Crippen molar-refractivity contribution in [3.8, 4) is 0 Å². The third-order valence-corrected chi connectivity index (χ3v) is 5.91. The molecule has 3 rings (SSSR count). The molecule has 2 saturated heterocycles. The quantitative estimate of drug-likeness (QED) is 0.647. The Morgan fingerprint density at radius 3 is 2.29 bits per heavy atom. The summed E-state index contributed by atoms with van der Waals surface area (Å²) in [6, 6.07) is 4.26. The molecule has 2 aliphatic rings. The van der Waals surface area contributed by atoms with E-state index in [0.29, 0.717) is 0 Å². The molecule has 1 aromatic rings. The lowest BCUT2D eigenvalue weighted by Gasteiger charge is -2.32. The Morgan fingerprint density at radius 2 is 1.71 bits per heavy atom. The van der Waals surface area contributed by atoms with Crippen LogP contribution in [0.15, 0.2) is 17.0 Å². The molecule has 0 amide bonds. The number of thiol groups is 1. The van der Waals surface area contributed by atoms with Crippen molar-refractivity contribution in [1.82, 2.24) is 10.2 Å². The highest BCUT2D eigenvalue weighted by Crippen LogP contribution is 2.37. The van der Waals surface area contributed by atoms with Crippen LogP contribution in [-0.4, -0.2) is 49.4 Å². The van der Waals surface area contributed by atoms with Gasteiger partial charge in [0.1, 0.15) is 0 Å². The van der Waals surface area contributed by atoms with Crippen LogP contribution in [0.5, 0.6) is 0 Å². The van der Waals surface area contributed by atoms with Crippen molar-refractivity contribution >= 4 is 25.2 Å². The number of nitrogens with one attached hydrogen (secondary N) is 1. The van der Waals surface area contributed by atoms with Gasteiger partial charge in [0, 0.05) is 37.6 Å². The Hall–Kier alpha value is -0.525. The molecule has 1 aromatic carbocycles. The van der Waals surface area contributed by atoms with Crippen LogP contribution >= 0.6 is 12.6 Å². The Labute approximate surface area is 151 Å². The van der Waals surface area contributed by atoms with E-state index >= 15 is 0 Å². The van der Waals surface area contributed by atoms with Crippen LogP contribution in [0.3, 0.4) is 0 Å². The number of rotatable bonds is 3. The highest BCUT2D eigenvalue weighted by atomic mass is 32.1. The molecule has 6 heteroatoms. The summed E-state index contributed by atoms with van der Waals surface area (Å²) >= 11 is 4.63. The van der Waals surface area contributed by atoms with E-state index in [1.165, 1.54) is 11.1 Å². The summed E-state index contributed by atoms with van der Waals surface area (Å²) in [6.45, 7) is 15.8. The molecule has 2 aliphatic heterocycles. The minimum atomic E-state index is -0.330. The van der Waals surface area contributed by atoms with Crippen LogP contribution < -0.4 is 10.8 Å². The Morgan fingerprint density at radius 1 is 1.12 bits per heavy atom. The van der Waals surface area contributed by atoms with Crippen molar-refractivity contribution in [2.75, 3.05) is 26.2 Å². The van der Waals surface area contributed by atoms with Crippen LogP contribution in [0.25, 0.3) is 0 Å². The Kier molecular flexibility index (Phi) is 5.06. The van der Waals surface area contributed by atoms with E-state index < -0.39 is 0 Å². The Balaban J connectivity index is 1.86. The van der Waals surface area contributed by atoms with Gasteiger partial charge in [0.15, 0.2) is 0 Å². The predicted molar refractivity (Wildman–Crippen MR) is 102 cm³/mol. The average molecular weight is 348 g/mol. The molecule has 0 radical (unpaired) electrons. The maximum Gasteiger partial charge on any atom is 0.495 e. The number of hydrogen-bond acceptors (Lipinski definition) is 5. The third kappa shape index (κ3) is 3.53. The fourth-order valence-electron chi connectivity index (χ4n) is 3.27. The smallest absolute Gasteiger partial charge is 0.399 e. The van der Waals surface area contributed by atoms with Gasteiger partial charge in [-0.1, -0.05) is 0 Å². The molecule has 2 heterocycles. The van der Waals surface area contributed by atoms with Gasteiger partial charge >= 0.3 is 7.12 Å². The zero-order valence-electron chi connectivity index (χ0n) is 15.5. The maximum absolute atomic E-state index is 6.25. The summed E-state index contributed by atoms with van der Waals surface area (Å²) in [5.41, 5.74) is 3.02. The van der Waals surface area contributed by atoms with Gasteiger partial charge in [-0.25, -0.2) is 0 Å². The van der Waals surface area contributed by atoms with Gasteiger partial charge < -0.3 is 14.6 Å². The van der Waals surface area contributed by atoms with Gasteiger partial charge in [0.05, 0.1) is 11.2 Å². The molecule has 132 valence electrons. The first-order valence-electron chi connectivity index (χ1n) is 8.81. The lowest BCUT2D eigenvalue weighted by Crippen LogP contribution is -2.43. The molecular formula is C18H29BN2O2S. The summed E-state index contributed by atoms with van der Waals surface area (Å²) in [5, 5.41) is 3.40. The van der Waals surface area contributed by atoms with Crippen LogP contribution in [-0.2, 0) is 15.9 Å². The second-order valence-corrected chi connectivity index (χ2v) is 8.45. The molecule has 0 atom stereocenters. The van der Waals surface area contributed by atoms with E-state index in [0.717, 1.165) is 43.1 Å². The van der Waals surface area contributed by atoms with E-state index in [1.54, 1.807) is 0 Å². The third-order valence-electron chi connectivity index (χ3n) is 5.65. The van der Waals surface area contributed by atoms with Gasteiger partial charge in [-0.3, -0.25) is 4.90 Å². The van der Waals surface area contributed by atoms with Crippen molar-refractivity contribution in [3.05, 3.63) is 23.3 Å². The first-order valence-corrected chi connectivity index (χ1v) is 9.25. The number of hydrogen-bond donors (Lipinski definition) is 2. The fraction of sp³-hybridized carbons (Fsp3) is 0.667. The van der Waals surface area contributed by atoms with E-state index in [2.05, 4.69) is 69.6 Å². The number of benzene rings is 1. The molecule has 0 aliphatic carbocycles. The van der Waals surface area contributed by atoms with E-state index in [-0.39, 0.29) is 18.3 Å². The molecule has 1 N–H and O–H groups in total. The molecule has 0 aromatic heterocycles. The van der Waals surface area contributed by atoms with Crippen molar-refractivity contribution in [3.63, 3.8) is 0 Å².